The van der Waals surface area contributed by atoms with E-state index in [-0.39, 0.29) is 18.9 Å². The van der Waals surface area contributed by atoms with Crippen LogP contribution in [0, 0.1) is 0 Å². The van der Waals surface area contributed by atoms with E-state index in [1.54, 1.807) is 22.4 Å². The monoisotopic (exact) mass is 537 g/mol. The highest BCUT2D eigenvalue weighted by Crippen LogP contribution is 2.32. The van der Waals surface area contributed by atoms with E-state index < -0.39 is 5.92 Å². The highest BCUT2D eigenvalue weighted by Gasteiger charge is 2.33. The molecular weight excluding hydrogens is 508 g/mol. The van der Waals surface area contributed by atoms with Crippen molar-refractivity contribution in [3.63, 3.8) is 0 Å². The number of nitrogens with one attached hydrogen (secondary N) is 3. The Balaban J connectivity index is 1.06. The van der Waals surface area contributed by atoms with Crippen molar-refractivity contribution in [3.8, 4) is 0 Å². The minimum Gasteiger partial charge on any atom is -0.355 e. The largest absolute Gasteiger partial charge is 0.355 e. The Labute approximate surface area is 222 Å². The number of aromatic amines is 1. The van der Waals surface area contributed by atoms with Gasteiger partial charge in [0.2, 0.25) is 0 Å². The van der Waals surface area contributed by atoms with Crippen LogP contribution in [-0.2, 0) is 0 Å². The van der Waals surface area contributed by atoms with Gasteiger partial charge >= 0.3 is 6.03 Å². The van der Waals surface area contributed by atoms with Gasteiger partial charge in [-0.05, 0) is 42.3 Å². The van der Waals surface area contributed by atoms with E-state index in [2.05, 4.69) is 43.8 Å². The summed E-state index contributed by atoms with van der Waals surface area (Å²) in [5.41, 5.74) is 7.76. The lowest BCUT2D eigenvalue weighted by Crippen LogP contribution is -2.46. The number of nitrogens with zero attached hydrogens (tertiary/aromatic N) is 4. The van der Waals surface area contributed by atoms with Gasteiger partial charge in [0.15, 0.2) is 0 Å². The van der Waals surface area contributed by atoms with Crippen molar-refractivity contribution in [2.75, 3.05) is 44.6 Å². The first kappa shape index (κ1) is 24.7. The van der Waals surface area contributed by atoms with Gasteiger partial charge in [0.25, 0.3) is 5.92 Å². The van der Waals surface area contributed by atoms with Gasteiger partial charge in [0.1, 0.15) is 5.65 Å². The molecule has 0 bridgehead atoms. The molecule has 1 aromatic carbocycles. The van der Waals surface area contributed by atoms with E-state index in [4.69, 9.17) is 0 Å². The molecule has 8 nitrogen and oxygen atoms in total. The molecular formula is C27H29F2N7OS. The molecule has 2 aliphatic heterocycles. The van der Waals surface area contributed by atoms with Crippen molar-refractivity contribution in [2.24, 2.45) is 0 Å². The van der Waals surface area contributed by atoms with Crippen LogP contribution >= 0.6 is 11.3 Å². The third-order valence-electron chi connectivity index (χ3n) is 7.28. The van der Waals surface area contributed by atoms with Gasteiger partial charge in [-0.3, -0.25) is 0 Å². The zero-order valence-electron chi connectivity index (χ0n) is 20.8. The Morgan fingerprint density at radius 3 is 2.82 bits per heavy atom. The molecule has 0 atom stereocenters. The number of hydrogen-bond acceptors (Lipinski definition) is 6. The lowest BCUT2D eigenvalue weighted by atomic mass is 10.0. The van der Waals surface area contributed by atoms with Crippen molar-refractivity contribution >= 4 is 55.6 Å². The van der Waals surface area contributed by atoms with E-state index >= 15 is 0 Å². The van der Waals surface area contributed by atoms with Crippen LogP contribution in [0.15, 0.2) is 48.1 Å². The van der Waals surface area contributed by atoms with E-state index in [0.29, 0.717) is 39.3 Å². The normalized spacial score (nSPS) is 18.1. The van der Waals surface area contributed by atoms with E-state index in [1.165, 1.54) is 0 Å². The maximum Gasteiger partial charge on any atom is 0.317 e. The molecule has 1 saturated heterocycles. The second kappa shape index (κ2) is 10.3. The number of thiazole rings is 1. The summed E-state index contributed by atoms with van der Waals surface area (Å²) in [6.07, 6.45) is 4.37. The number of carbonyl (C=O) groups excluding carboxylic acids is 1. The first-order chi connectivity index (χ1) is 18.4. The fraction of sp³-hybridized carbons (Fsp3) is 0.370. The van der Waals surface area contributed by atoms with Crippen molar-refractivity contribution in [2.45, 2.75) is 25.2 Å². The van der Waals surface area contributed by atoms with E-state index in [1.807, 2.05) is 28.6 Å². The van der Waals surface area contributed by atoms with Crippen molar-refractivity contribution < 1.29 is 13.6 Å². The fourth-order valence-corrected chi connectivity index (χ4v) is 5.75. The molecule has 3 N–H and O–H groups in total. The summed E-state index contributed by atoms with van der Waals surface area (Å²) in [7, 11) is 0. The smallest absolute Gasteiger partial charge is 0.317 e. The van der Waals surface area contributed by atoms with Crippen LogP contribution in [0.25, 0.3) is 26.8 Å². The number of hydrogen-bond donors (Lipinski definition) is 3. The predicted octanol–water partition coefficient (Wildman–Crippen LogP) is 5.45. The number of halogens is 2. The van der Waals surface area contributed by atoms with Gasteiger partial charge in [-0.1, -0.05) is 6.08 Å². The molecule has 6 rings (SSSR count). The Morgan fingerprint density at radius 2 is 2.00 bits per heavy atom. The average Bonchev–Trinajstić information content (AvgIpc) is 3.57. The lowest BCUT2D eigenvalue weighted by Gasteiger charge is -2.32. The molecule has 0 unspecified atom stereocenters. The first-order valence-electron chi connectivity index (χ1n) is 12.8. The average molecular weight is 538 g/mol. The third kappa shape index (κ3) is 5.34. The molecule has 4 aromatic rings. The SMILES string of the molecule is O=C(NCCN1CCC(F)(F)CC1)N1CC=C(c2cc3c(Nc4ccc5ncsc5c4)ccnc3[nH]2)CC1. The number of urea groups is 1. The fourth-order valence-electron chi connectivity index (χ4n) is 5.03. The zero-order valence-corrected chi connectivity index (χ0v) is 21.7. The number of rotatable bonds is 6. The van der Waals surface area contributed by atoms with Gasteiger partial charge in [0, 0.05) is 75.1 Å². The summed E-state index contributed by atoms with van der Waals surface area (Å²) in [5.74, 6) is -2.55. The van der Waals surface area contributed by atoms with Gasteiger partial charge < -0.3 is 25.4 Å². The molecule has 3 aromatic heterocycles. The molecule has 0 radical (unpaired) electrons. The van der Waals surface area contributed by atoms with Crippen molar-refractivity contribution in [1.82, 2.24) is 30.1 Å². The minimum absolute atomic E-state index is 0.107. The van der Waals surface area contributed by atoms with Gasteiger partial charge in [-0.2, -0.15) is 0 Å². The number of aromatic nitrogens is 3. The molecule has 5 heterocycles. The number of carbonyl (C=O) groups is 1. The molecule has 0 spiro atoms. The van der Waals surface area contributed by atoms with Crippen LogP contribution in [0.2, 0.25) is 0 Å². The maximum absolute atomic E-state index is 13.3. The van der Waals surface area contributed by atoms with Crippen LogP contribution in [0.3, 0.4) is 0 Å². The van der Waals surface area contributed by atoms with Gasteiger partial charge in [-0.25, -0.2) is 23.5 Å². The quantitative estimate of drug-likeness (QED) is 0.305. The zero-order chi connectivity index (χ0) is 26.1. The number of anilines is 2. The second-order valence-electron chi connectivity index (χ2n) is 9.82. The minimum atomic E-state index is -2.55. The highest BCUT2D eigenvalue weighted by atomic mass is 32.1. The molecule has 11 heteroatoms. The number of H-pyrrole nitrogens is 1. The molecule has 198 valence electrons. The number of alkyl halides is 2. The highest BCUT2D eigenvalue weighted by molar-refractivity contribution is 7.16. The number of amides is 2. The number of fused-ring (bicyclic) bond motifs is 2. The number of piperidine rings is 1. The first-order valence-corrected chi connectivity index (χ1v) is 13.7. The molecule has 0 aliphatic carbocycles. The summed E-state index contributed by atoms with van der Waals surface area (Å²) in [4.78, 5) is 28.7. The molecule has 0 saturated carbocycles. The second-order valence-corrected chi connectivity index (χ2v) is 10.7. The summed E-state index contributed by atoms with van der Waals surface area (Å²) in [6.45, 7) is 2.91. The summed E-state index contributed by atoms with van der Waals surface area (Å²) in [6, 6.07) is 10.1. The standard InChI is InChI=1S/C27H29F2N7OS/c28-27(29)6-12-35(13-7-27)14-9-31-26(37)36-10-4-18(5-11-36)23-16-20-21(3-8-30-25(20)34-23)33-19-1-2-22-24(15-19)38-17-32-22/h1-4,8,15-17H,5-7,9-14H2,(H,31,37)(H2,30,33,34). The molecule has 1 fully saturated rings. The van der Waals surface area contributed by atoms with Crippen LogP contribution in [-0.4, -0.2) is 76.0 Å². The Hall–Kier alpha value is -3.57. The molecule has 2 aliphatic rings. The van der Waals surface area contributed by atoms with Crippen molar-refractivity contribution in [1.29, 1.82) is 0 Å². The Bertz CT molecular complexity index is 1490. The van der Waals surface area contributed by atoms with Crippen LogP contribution in [0.1, 0.15) is 25.0 Å². The van der Waals surface area contributed by atoms with Crippen LogP contribution < -0.4 is 10.6 Å². The Morgan fingerprint density at radius 1 is 1.13 bits per heavy atom. The Kier molecular flexibility index (Phi) is 6.71. The van der Waals surface area contributed by atoms with Gasteiger partial charge in [-0.15, -0.1) is 11.3 Å². The summed E-state index contributed by atoms with van der Waals surface area (Å²) >= 11 is 1.61. The number of pyridine rings is 1. The van der Waals surface area contributed by atoms with Crippen LogP contribution in [0.5, 0.6) is 0 Å². The van der Waals surface area contributed by atoms with E-state index in [9.17, 15) is 13.6 Å². The number of likely N-dealkylation sites (tertiary alicyclic amines) is 1. The third-order valence-corrected chi connectivity index (χ3v) is 8.07. The topological polar surface area (TPSA) is 89.2 Å². The predicted molar refractivity (Wildman–Crippen MR) is 147 cm³/mol. The molecule has 2 amide bonds. The van der Waals surface area contributed by atoms with Crippen molar-refractivity contribution in [3.05, 3.63) is 53.8 Å². The van der Waals surface area contributed by atoms with Crippen LogP contribution in [0.4, 0.5) is 25.0 Å². The summed E-state index contributed by atoms with van der Waals surface area (Å²) < 4.78 is 27.8. The van der Waals surface area contributed by atoms with Gasteiger partial charge in [0.05, 0.1) is 21.4 Å². The van der Waals surface area contributed by atoms with E-state index in [0.717, 1.165) is 50.3 Å². The maximum atomic E-state index is 13.3. The lowest BCUT2D eigenvalue weighted by molar-refractivity contribution is -0.0547. The summed E-state index contributed by atoms with van der Waals surface area (Å²) in [5, 5.41) is 7.45. The molecule has 38 heavy (non-hydrogen) atoms. The number of benzene rings is 1.